The van der Waals surface area contributed by atoms with Gasteiger partial charge in [0, 0.05) is 18.8 Å². The molecule has 0 saturated carbocycles. The van der Waals surface area contributed by atoms with Crippen molar-refractivity contribution in [3.05, 3.63) is 48.2 Å². The highest BCUT2D eigenvalue weighted by Crippen LogP contribution is 2.19. The van der Waals surface area contributed by atoms with Crippen molar-refractivity contribution in [2.24, 2.45) is 0 Å². The maximum absolute atomic E-state index is 10.9. The molecule has 0 radical (unpaired) electrons. The van der Waals surface area contributed by atoms with Crippen molar-refractivity contribution in [3.8, 4) is 11.6 Å². The minimum Gasteiger partial charge on any atom is -0.438 e. The highest BCUT2D eigenvalue weighted by atomic mass is 16.5. The molecule has 104 valence electrons. The zero-order valence-corrected chi connectivity index (χ0v) is 10.8. The van der Waals surface area contributed by atoms with E-state index in [1.165, 1.54) is 0 Å². The fourth-order valence-corrected chi connectivity index (χ4v) is 1.63. The van der Waals surface area contributed by atoms with E-state index >= 15 is 0 Å². The Morgan fingerprint density at radius 1 is 1.30 bits per heavy atom. The molecule has 0 aliphatic heterocycles. The van der Waals surface area contributed by atoms with E-state index in [9.17, 15) is 4.79 Å². The average molecular weight is 273 g/mol. The minimum absolute atomic E-state index is 0.378. The summed E-state index contributed by atoms with van der Waals surface area (Å²) in [6, 6.07) is 11.0. The van der Waals surface area contributed by atoms with Crippen LogP contribution in [0, 0.1) is 0 Å². The molecule has 0 aliphatic rings. The second kappa shape index (κ2) is 7.20. The van der Waals surface area contributed by atoms with E-state index in [4.69, 9.17) is 9.84 Å². The number of amides is 1. The van der Waals surface area contributed by atoms with Gasteiger partial charge in [-0.05, 0) is 30.2 Å². The number of carbonyl (C=O) groups excluding carboxylic acids is 1. The molecule has 2 rings (SSSR count). The van der Waals surface area contributed by atoms with Gasteiger partial charge in [-0.25, -0.2) is 0 Å². The van der Waals surface area contributed by atoms with Crippen LogP contribution in [0.3, 0.4) is 0 Å². The van der Waals surface area contributed by atoms with Crippen molar-refractivity contribution in [1.29, 1.82) is 0 Å². The maximum atomic E-state index is 10.9. The van der Waals surface area contributed by atoms with Gasteiger partial charge < -0.3 is 15.2 Å². The van der Waals surface area contributed by atoms with Gasteiger partial charge >= 0.3 is 0 Å². The van der Waals surface area contributed by atoms with E-state index < -0.39 is 6.61 Å². The monoisotopic (exact) mass is 273 g/mol. The first-order valence-corrected chi connectivity index (χ1v) is 6.20. The van der Waals surface area contributed by atoms with Crippen LogP contribution in [-0.2, 0) is 11.2 Å². The Kier molecular flexibility index (Phi) is 5.02. The lowest BCUT2D eigenvalue weighted by Gasteiger charge is -2.07. The third kappa shape index (κ3) is 4.33. The summed E-state index contributed by atoms with van der Waals surface area (Å²) < 4.78 is 5.57. The Balaban J connectivity index is 1.92. The van der Waals surface area contributed by atoms with Crippen LogP contribution in [0.2, 0.25) is 0 Å². The van der Waals surface area contributed by atoms with Gasteiger partial charge in [-0.3, -0.25) is 4.79 Å². The summed E-state index contributed by atoms with van der Waals surface area (Å²) >= 11 is 0. The van der Waals surface area contributed by atoms with Crippen LogP contribution >= 0.6 is 0 Å². The summed E-state index contributed by atoms with van der Waals surface area (Å²) in [5, 5.41) is 18.8. The molecule has 0 saturated heterocycles. The highest BCUT2D eigenvalue weighted by Gasteiger charge is 2.01. The number of aromatic nitrogens is 2. The molecule has 1 heterocycles. The maximum Gasteiger partial charge on any atom is 0.245 e. The number of aliphatic hydroxyl groups excluding tert-OH is 1. The first-order valence-electron chi connectivity index (χ1n) is 6.20. The SMILES string of the molecule is O=C(CO)NCCc1cccc(Oc2cccnn2)c1. The van der Waals surface area contributed by atoms with Gasteiger partial charge in [0.15, 0.2) is 0 Å². The predicted octanol–water partition coefficient (Wildman–Crippen LogP) is 0.920. The smallest absolute Gasteiger partial charge is 0.245 e. The molecule has 2 N–H and O–H groups in total. The largest absolute Gasteiger partial charge is 0.438 e. The van der Waals surface area contributed by atoms with Crippen LogP contribution in [0.5, 0.6) is 11.6 Å². The van der Waals surface area contributed by atoms with Crippen LogP contribution in [0.4, 0.5) is 0 Å². The summed E-state index contributed by atoms with van der Waals surface area (Å²) in [6.07, 6.45) is 2.23. The Morgan fingerprint density at radius 3 is 2.95 bits per heavy atom. The summed E-state index contributed by atoms with van der Waals surface area (Å²) in [7, 11) is 0. The van der Waals surface area contributed by atoms with Gasteiger partial charge in [0.1, 0.15) is 12.4 Å². The second-order valence-electron chi connectivity index (χ2n) is 4.07. The third-order valence-corrected chi connectivity index (χ3v) is 2.55. The summed E-state index contributed by atoms with van der Waals surface area (Å²) in [6.45, 7) is -0.0240. The van der Waals surface area contributed by atoms with Crippen LogP contribution in [0.1, 0.15) is 5.56 Å². The fourth-order valence-electron chi connectivity index (χ4n) is 1.63. The molecule has 0 aliphatic carbocycles. The number of aliphatic hydroxyl groups is 1. The van der Waals surface area contributed by atoms with E-state index in [2.05, 4.69) is 15.5 Å². The zero-order chi connectivity index (χ0) is 14.2. The number of nitrogens with zero attached hydrogens (tertiary/aromatic N) is 2. The molecule has 1 aromatic heterocycles. The number of rotatable bonds is 6. The fraction of sp³-hybridized carbons (Fsp3) is 0.214. The first kappa shape index (κ1) is 14.0. The molecule has 0 bridgehead atoms. The van der Waals surface area contributed by atoms with Crippen molar-refractivity contribution in [3.63, 3.8) is 0 Å². The third-order valence-electron chi connectivity index (χ3n) is 2.55. The lowest BCUT2D eigenvalue weighted by Crippen LogP contribution is -2.28. The van der Waals surface area contributed by atoms with E-state index in [1.807, 2.05) is 24.3 Å². The van der Waals surface area contributed by atoms with E-state index in [1.54, 1.807) is 18.3 Å². The van der Waals surface area contributed by atoms with E-state index in [0.717, 1.165) is 5.56 Å². The molecule has 1 amide bonds. The molecule has 20 heavy (non-hydrogen) atoms. The summed E-state index contributed by atoms with van der Waals surface area (Å²) in [5.74, 6) is 0.715. The second-order valence-corrected chi connectivity index (χ2v) is 4.07. The number of hydrogen-bond donors (Lipinski definition) is 2. The zero-order valence-electron chi connectivity index (χ0n) is 10.8. The molecule has 0 fully saturated rings. The minimum atomic E-state index is -0.490. The Morgan fingerprint density at radius 2 is 2.20 bits per heavy atom. The molecular weight excluding hydrogens is 258 g/mol. The van der Waals surface area contributed by atoms with Crippen molar-refractivity contribution >= 4 is 5.91 Å². The highest BCUT2D eigenvalue weighted by molar-refractivity contribution is 5.76. The first-order chi connectivity index (χ1) is 9.78. The van der Waals surface area contributed by atoms with Gasteiger partial charge in [0.2, 0.25) is 11.8 Å². The number of benzene rings is 1. The topological polar surface area (TPSA) is 84.3 Å². The van der Waals surface area contributed by atoms with Crippen LogP contribution in [-0.4, -0.2) is 34.4 Å². The van der Waals surface area contributed by atoms with Gasteiger partial charge in [0.25, 0.3) is 0 Å². The number of hydrogen-bond acceptors (Lipinski definition) is 5. The Labute approximate surface area is 116 Å². The van der Waals surface area contributed by atoms with Crippen molar-refractivity contribution in [2.75, 3.05) is 13.2 Å². The Hall–Kier alpha value is -2.47. The predicted molar refractivity (Wildman–Crippen MR) is 72.3 cm³/mol. The van der Waals surface area contributed by atoms with Crippen LogP contribution in [0.25, 0.3) is 0 Å². The summed E-state index contributed by atoms with van der Waals surface area (Å²) in [4.78, 5) is 10.9. The van der Waals surface area contributed by atoms with Crippen molar-refractivity contribution in [2.45, 2.75) is 6.42 Å². The molecule has 0 atom stereocenters. The number of nitrogens with one attached hydrogen (secondary N) is 1. The van der Waals surface area contributed by atoms with Gasteiger partial charge in [0.05, 0.1) is 0 Å². The van der Waals surface area contributed by atoms with Crippen molar-refractivity contribution < 1.29 is 14.6 Å². The molecule has 6 heteroatoms. The average Bonchev–Trinajstić information content (AvgIpc) is 2.48. The molecule has 0 unspecified atom stereocenters. The van der Waals surface area contributed by atoms with Gasteiger partial charge in [-0.2, -0.15) is 5.10 Å². The molecule has 6 nitrogen and oxygen atoms in total. The normalized spacial score (nSPS) is 10.1. The Bertz CT molecular complexity index is 561. The van der Waals surface area contributed by atoms with Crippen LogP contribution < -0.4 is 10.1 Å². The molecule has 2 aromatic rings. The van der Waals surface area contributed by atoms with E-state index in [-0.39, 0.29) is 5.91 Å². The molecular formula is C14H15N3O3. The quantitative estimate of drug-likeness (QED) is 0.817. The molecule has 0 spiro atoms. The number of ether oxygens (including phenoxy) is 1. The lowest BCUT2D eigenvalue weighted by atomic mass is 10.1. The van der Waals surface area contributed by atoms with E-state index in [0.29, 0.717) is 24.6 Å². The number of carbonyl (C=O) groups is 1. The summed E-state index contributed by atoms with van der Waals surface area (Å²) in [5.41, 5.74) is 1.02. The molecule has 1 aromatic carbocycles. The van der Waals surface area contributed by atoms with Crippen molar-refractivity contribution in [1.82, 2.24) is 15.5 Å². The van der Waals surface area contributed by atoms with Gasteiger partial charge in [-0.15, -0.1) is 5.10 Å². The van der Waals surface area contributed by atoms with Gasteiger partial charge in [-0.1, -0.05) is 12.1 Å². The van der Waals surface area contributed by atoms with Crippen LogP contribution in [0.15, 0.2) is 42.6 Å². The standard InChI is InChI=1S/C14H15N3O3/c18-10-13(19)15-8-6-11-3-1-4-12(9-11)20-14-5-2-7-16-17-14/h1-5,7,9,18H,6,8,10H2,(H,15,19). The lowest BCUT2D eigenvalue weighted by molar-refractivity contribution is -0.123.